The summed E-state index contributed by atoms with van der Waals surface area (Å²) in [6.07, 6.45) is 3.28. The average molecular weight is 571 g/mol. The molecule has 4 rings (SSSR count). The Bertz CT molecular complexity index is 1410. The number of amides is 4. The Morgan fingerprint density at radius 3 is 2.61 bits per heavy atom. The van der Waals surface area contributed by atoms with Crippen molar-refractivity contribution in [2.24, 2.45) is 0 Å². The van der Waals surface area contributed by atoms with Gasteiger partial charge in [0, 0.05) is 18.9 Å². The number of carbonyl (C=O) groups excluding carboxylic acids is 3. The number of benzene rings is 1. The van der Waals surface area contributed by atoms with E-state index in [2.05, 4.69) is 26.1 Å². The highest BCUT2D eigenvalue weighted by Crippen LogP contribution is 2.29. The van der Waals surface area contributed by atoms with Gasteiger partial charge in [0.2, 0.25) is 0 Å². The summed E-state index contributed by atoms with van der Waals surface area (Å²) in [5.74, 6) is -4.21. The van der Waals surface area contributed by atoms with Crippen LogP contribution in [0, 0.1) is 13.8 Å². The molecule has 1 fully saturated rings. The van der Waals surface area contributed by atoms with Crippen LogP contribution in [0.4, 0.5) is 19.4 Å². The van der Waals surface area contributed by atoms with E-state index in [1.165, 1.54) is 25.6 Å². The summed E-state index contributed by atoms with van der Waals surface area (Å²) in [7, 11) is 1.40. The first-order valence-corrected chi connectivity index (χ1v) is 13.0. The third-order valence-electron chi connectivity index (χ3n) is 6.64. The van der Waals surface area contributed by atoms with Crippen molar-refractivity contribution in [2.45, 2.75) is 45.2 Å². The van der Waals surface area contributed by atoms with Gasteiger partial charge in [0.1, 0.15) is 18.1 Å². The first kappa shape index (κ1) is 29.6. The Balaban J connectivity index is 1.62. The number of hydrogen-bond acceptors (Lipinski definition) is 7. The number of nitrogens with one attached hydrogen (secondary N) is 3. The van der Waals surface area contributed by atoms with Crippen molar-refractivity contribution in [3.05, 3.63) is 76.3 Å². The van der Waals surface area contributed by atoms with E-state index >= 15 is 0 Å². The normalized spacial score (nSPS) is 16.0. The van der Waals surface area contributed by atoms with Gasteiger partial charge in [0.05, 0.1) is 25.7 Å². The summed E-state index contributed by atoms with van der Waals surface area (Å²) in [6.45, 7) is 3.99. The molecule has 41 heavy (non-hydrogen) atoms. The lowest BCUT2D eigenvalue weighted by molar-refractivity contribution is -0.118. The van der Waals surface area contributed by atoms with Crippen molar-refractivity contribution in [3.63, 3.8) is 0 Å². The number of urea groups is 1. The molecular weight excluding hydrogens is 538 g/mol. The van der Waals surface area contributed by atoms with Gasteiger partial charge in [-0.3, -0.25) is 9.59 Å². The fourth-order valence-electron chi connectivity index (χ4n) is 4.75. The molecule has 3 aromatic rings. The Kier molecular flexibility index (Phi) is 8.96. The molecule has 4 amide bonds. The molecule has 1 aliphatic rings. The molecule has 11 nitrogen and oxygen atoms in total. The molecule has 2 atom stereocenters. The van der Waals surface area contributed by atoms with Crippen molar-refractivity contribution >= 4 is 23.7 Å². The number of carbonyl (C=O) groups is 3. The third-order valence-corrected chi connectivity index (χ3v) is 6.64. The molecule has 1 aromatic carbocycles. The first-order chi connectivity index (χ1) is 19.5. The van der Waals surface area contributed by atoms with Gasteiger partial charge < -0.3 is 30.1 Å². The molecule has 1 aliphatic heterocycles. The number of hydrogen-bond donors (Lipinski definition) is 3. The van der Waals surface area contributed by atoms with Crippen LogP contribution in [0.3, 0.4) is 0 Å². The van der Waals surface area contributed by atoms with Gasteiger partial charge in [-0.15, -0.1) is 0 Å². The van der Waals surface area contributed by atoms with E-state index in [9.17, 15) is 23.2 Å². The highest BCUT2D eigenvalue weighted by molar-refractivity contribution is 6.01. The van der Waals surface area contributed by atoms with E-state index in [1.807, 2.05) is 26.8 Å². The van der Waals surface area contributed by atoms with Gasteiger partial charge in [0.25, 0.3) is 17.7 Å². The first-order valence-electron chi connectivity index (χ1n) is 13.0. The molecule has 3 N–H and O–H groups in total. The van der Waals surface area contributed by atoms with Gasteiger partial charge in [0.15, 0.2) is 5.69 Å². The number of rotatable bonds is 10. The van der Waals surface area contributed by atoms with E-state index in [0.717, 1.165) is 16.0 Å². The third kappa shape index (κ3) is 7.04. The van der Waals surface area contributed by atoms with Crippen LogP contribution in [0.25, 0.3) is 0 Å². The fourth-order valence-corrected chi connectivity index (χ4v) is 4.75. The maximum Gasteiger partial charge on any atom is 0.318 e. The zero-order valence-electron chi connectivity index (χ0n) is 23.2. The predicted octanol–water partition coefficient (Wildman–Crippen LogP) is 3.71. The maximum absolute atomic E-state index is 14.1. The van der Waals surface area contributed by atoms with Crippen LogP contribution in [-0.2, 0) is 16.0 Å². The number of nitrogens with zero attached hydrogens (tertiary/aromatic N) is 3. The minimum absolute atomic E-state index is 0.0698. The van der Waals surface area contributed by atoms with Gasteiger partial charge in [-0.25, -0.2) is 18.6 Å². The second kappa shape index (κ2) is 12.4. The van der Waals surface area contributed by atoms with Crippen molar-refractivity contribution < 1.29 is 32.4 Å². The molecule has 218 valence electrons. The van der Waals surface area contributed by atoms with Gasteiger partial charge in [-0.05, 0) is 43.5 Å². The average Bonchev–Trinajstić information content (AvgIpc) is 3.40. The number of ether oxygens (including phenoxy) is 1. The lowest BCUT2D eigenvalue weighted by Gasteiger charge is -2.38. The molecular formula is C28H32F2N6O5. The van der Waals surface area contributed by atoms with Crippen LogP contribution in [-0.4, -0.2) is 65.6 Å². The molecule has 0 unspecified atom stereocenters. The number of anilines is 1. The minimum Gasteiger partial charge on any atom is -0.382 e. The quantitative estimate of drug-likeness (QED) is 0.338. The maximum atomic E-state index is 14.1. The van der Waals surface area contributed by atoms with E-state index in [-0.39, 0.29) is 18.1 Å². The zero-order chi connectivity index (χ0) is 29.7. The Labute approximate surface area is 235 Å². The lowest BCUT2D eigenvalue weighted by Crippen LogP contribution is -2.58. The molecule has 0 saturated carbocycles. The second-order valence-electron chi connectivity index (χ2n) is 9.95. The van der Waals surface area contributed by atoms with Crippen LogP contribution < -0.4 is 16.0 Å². The van der Waals surface area contributed by atoms with Gasteiger partial charge in [-0.1, -0.05) is 41.4 Å². The Morgan fingerprint density at radius 1 is 1.20 bits per heavy atom. The van der Waals surface area contributed by atoms with Crippen molar-refractivity contribution in [1.82, 2.24) is 25.7 Å². The SMILES string of the molecule is CCc1conc1C(=O)N[C@H](C(=O)Nc1cc([C@@H](COC)N2CC(F)(F)CNC2=O)ccn1)c1cc(C)cc(C)c1. The minimum atomic E-state index is -3.12. The number of methoxy groups -OCH3 is 1. The largest absolute Gasteiger partial charge is 0.382 e. The number of aromatic nitrogens is 2. The predicted molar refractivity (Wildman–Crippen MR) is 145 cm³/mol. The molecule has 2 aromatic heterocycles. The summed E-state index contributed by atoms with van der Waals surface area (Å²) in [6, 6.07) is 5.89. The van der Waals surface area contributed by atoms with E-state index in [4.69, 9.17) is 9.26 Å². The number of aryl methyl sites for hydroxylation is 3. The Hall–Kier alpha value is -4.39. The van der Waals surface area contributed by atoms with Crippen LogP contribution in [0.2, 0.25) is 0 Å². The molecule has 1 saturated heterocycles. The summed E-state index contributed by atoms with van der Waals surface area (Å²) < 4.78 is 38.5. The van der Waals surface area contributed by atoms with E-state index < -0.39 is 48.9 Å². The van der Waals surface area contributed by atoms with Crippen LogP contribution in [0.1, 0.15) is 57.3 Å². The van der Waals surface area contributed by atoms with Crippen molar-refractivity contribution in [1.29, 1.82) is 0 Å². The Morgan fingerprint density at radius 2 is 1.93 bits per heavy atom. The molecule has 0 aliphatic carbocycles. The van der Waals surface area contributed by atoms with Crippen LogP contribution in [0.5, 0.6) is 0 Å². The van der Waals surface area contributed by atoms with E-state index in [0.29, 0.717) is 23.1 Å². The summed E-state index contributed by atoms with van der Waals surface area (Å²) in [5, 5.41) is 11.4. The zero-order valence-corrected chi connectivity index (χ0v) is 23.2. The monoisotopic (exact) mass is 570 g/mol. The molecule has 0 spiro atoms. The second-order valence-corrected chi connectivity index (χ2v) is 9.95. The van der Waals surface area contributed by atoms with E-state index in [1.54, 1.807) is 18.2 Å². The molecule has 3 heterocycles. The van der Waals surface area contributed by atoms with Gasteiger partial charge >= 0.3 is 6.03 Å². The highest BCUT2D eigenvalue weighted by atomic mass is 19.3. The number of halogens is 2. The summed E-state index contributed by atoms with van der Waals surface area (Å²) in [5.41, 5.74) is 3.41. The molecule has 0 bridgehead atoms. The number of pyridine rings is 1. The number of alkyl halides is 2. The standard InChI is InChI=1S/C28H32F2N6O5/c1-5-18-12-41-35-24(18)26(38)34-23(20-9-16(2)8-17(3)10-20)25(37)33-22-11-19(6-7-31-22)21(13-40-4)36-15-28(29,30)14-32-27(36)39/h6-12,21,23H,5,13-15H2,1-4H3,(H,32,39)(H,34,38)(H,31,33,37)/t21-,23+/m1/s1. The molecule has 0 radical (unpaired) electrons. The van der Waals surface area contributed by atoms with Crippen LogP contribution >= 0.6 is 0 Å². The fraction of sp³-hybridized carbons (Fsp3) is 0.393. The van der Waals surface area contributed by atoms with Gasteiger partial charge in [-0.2, -0.15) is 0 Å². The molecule has 13 heteroatoms. The van der Waals surface area contributed by atoms with Crippen LogP contribution in [0.15, 0.2) is 47.3 Å². The summed E-state index contributed by atoms with van der Waals surface area (Å²) >= 11 is 0. The van der Waals surface area contributed by atoms with Crippen molar-refractivity contribution in [3.8, 4) is 0 Å². The smallest absolute Gasteiger partial charge is 0.318 e. The van der Waals surface area contributed by atoms with Crippen molar-refractivity contribution in [2.75, 3.05) is 32.1 Å². The topological polar surface area (TPSA) is 139 Å². The lowest BCUT2D eigenvalue weighted by atomic mass is 10.00. The summed E-state index contributed by atoms with van der Waals surface area (Å²) in [4.78, 5) is 44.4. The highest BCUT2D eigenvalue weighted by Gasteiger charge is 2.42.